The van der Waals surface area contributed by atoms with E-state index in [2.05, 4.69) is 20.3 Å². The first-order chi connectivity index (χ1) is 9.48. The Morgan fingerprint density at radius 2 is 2.00 bits per heavy atom. The lowest BCUT2D eigenvalue weighted by Gasteiger charge is -2.09. The smallest absolute Gasteiger partial charge is 0.405 e. The number of halogens is 3. The molecule has 106 valence electrons. The summed E-state index contributed by atoms with van der Waals surface area (Å²) >= 11 is 0. The Morgan fingerprint density at radius 1 is 1.20 bits per heavy atom. The fourth-order valence-corrected chi connectivity index (χ4v) is 1.46. The number of rotatable bonds is 4. The van der Waals surface area contributed by atoms with Crippen LogP contribution in [0.15, 0.2) is 30.7 Å². The van der Waals surface area contributed by atoms with Crippen LogP contribution in [0.1, 0.15) is 0 Å². The molecule has 0 aliphatic heterocycles. The van der Waals surface area contributed by atoms with Gasteiger partial charge in [-0.1, -0.05) is 0 Å². The second-order valence-corrected chi connectivity index (χ2v) is 3.85. The maximum absolute atomic E-state index is 12.1. The van der Waals surface area contributed by atoms with Gasteiger partial charge in [-0.3, -0.25) is 0 Å². The van der Waals surface area contributed by atoms with Crippen molar-refractivity contribution in [3.8, 4) is 17.1 Å². The summed E-state index contributed by atoms with van der Waals surface area (Å²) in [7, 11) is 1.49. The minimum absolute atomic E-state index is 0.100. The number of aromatic nitrogens is 3. The Balaban J connectivity index is 2.16. The van der Waals surface area contributed by atoms with E-state index in [1.165, 1.54) is 25.7 Å². The maximum atomic E-state index is 12.1. The molecule has 2 aromatic rings. The molecule has 8 heteroatoms. The Labute approximate surface area is 112 Å². The third kappa shape index (κ3) is 3.81. The van der Waals surface area contributed by atoms with Gasteiger partial charge < -0.3 is 10.1 Å². The first kappa shape index (κ1) is 14.0. The van der Waals surface area contributed by atoms with Crippen molar-refractivity contribution in [3.05, 3.63) is 30.7 Å². The standard InChI is InChI=1S/C12H11F3N4O/c1-20-11-3-2-8(5-16-11)9-4-10(19-7-18-9)17-6-12(13,14)15/h2-5,7H,6H2,1H3,(H,17,18,19). The van der Waals surface area contributed by atoms with E-state index in [4.69, 9.17) is 4.74 Å². The number of ether oxygens (including phenoxy) is 1. The SMILES string of the molecule is COc1ccc(-c2cc(NCC(F)(F)F)ncn2)cn1. The van der Waals surface area contributed by atoms with E-state index in [0.29, 0.717) is 17.1 Å². The van der Waals surface area contributed by atoms with Gasteiger partial charge in [-0.25, -0.2) is 15.0 Å². The van der Waals surface area contributed by atoms with Crippen LogP contribution in [0.25, 0.3) is 11.3 Å². The lowest BCUT2D eigenvalue weighted by atomic mass is 10.2. The number of pyridine rings is 1. The van der Waals surface area contributed by atoms with Crippen molar-refractivity contribution in [2.75, 3.05) is 19.0 Å². The Bertz CT molecular complexity index is 572. The molecule has 2 rings (SSSR count). The van der Waals surface area contributed by atoms with Crippen LogP contribution in [0.2, 0.25) is 0 Å². The summed E-state index contributed by atoms with van der Waals surface area (Å²) in [5.74, 6) is 0.543. The van der Waals surface area contributed by atoms with Gasteiger partial charge in [0.1, 0.15) is 18.7 Å². The third-order valence-electron chi connectivity index (χ3n) is 2.38. The van der Waals surface area contributed by atoms with E-state index in [0.717, 1.165) is 0 Å². The second kappa shape index (κ2) is 5.72. The Morgan fingerprint density at radius 3 is 2.60 bits per heavy atom. The van der Waals surface area contributed by atoms with E-state index < -0.39 is 12.7 Å². The molecular formula is C12H11F3N4O. The van der Waals surface area contributed by atoms with Crippen molar-refractivity contribution in [2.45, 2.75) is 6.18 Å². The van der Waals surface area contributed by atoms with Crippen molar-refractivity contribution < 1.29 is 17.9 Å². The molecule has 0 unspecified atom stereocenters. The molecule has 0 bridgehead atoms. The minimum Gasteiger partial charge on any atom is -0.481 e. The molecule has 1 N–H and O–H groups in total. The number of hydrogen-bond acceptors (Lipinski definition) is 5. The molecular weight excluding hydrogens is 273 g/mol. The molecule has 0 spiro atoms. The maximum Gasteiger partial charge on any atom is 0.405 e. The van der Waals surface area contributed by atoms with Gasteiger partial charge in [0, 0.05) is 23.9 Å². The molecule has 0 aromatic carbocycles. The number of nitrogens with zero attached hydrogens (tertiary/aromatic N) is 3. The lowest BCUT2D eigenvalue weighted by Crippen LogP contribution is -2.21. The predicted octanol–water partition coefficient (Wildman–Crippen LogP) is 2.52. The molecule has 0 saturated heterocycles. The van der Waals surface area contributed by atoms with Crippen LogP contribution in [0.4, 0.5) is 19.0 Å². The molecule has 0 aliphatic carbocycles. The van der Waals surface area contributed by atoms with Crippen molar-refractivity contribution >= 4 is 5.82 Å². The summed E-state index contributed by atoms with van der Waals surface area (Å²) in [6.45, 7) is -1.15. The summed E-state index contributed by atoms with van der Waals surface area (Å²) in [5, 5.41) is 2.20. The largest absolute Gasteiger partial charge is 0.481 e. The molecule has 0 aliphatic rings. The first-order valence-electron chi connectivity index (χ1n) is 5.61. The Kier molecular flexibility index (Phi) is 4.02. The third-order valence-corrected chi connectivity index (χ3v) is 2.38. The van der Waals surface area contributed by atoms with Gasteiger partial charge in [-0.05, 0) is 6.07 Å². The summed E-state index contributed by atoms with van der Waals surface area (Å²) in [6.07, 6.45) is -1.58. The first-order valence-corrected chi connectivity index (χ1v) is 5.61. The fraction of sp³-hybridized carbons (Fsp3) is 0.250. The fourth-order valence-electron chi connectivity index (χ4n) is 1.46. The summed E-state index contributed by atoms with van der Waals surface area (Å²) < 4.78 is 41.3. The van der Waals surface area contributed by atoms with E-state index >= 15 is 0 Å². The lowest BCUT2D eigenvalue weighted by molar-refractivity contribution is -0.115. The topological polar surface area (TPSA) is 59.9 Å². The van der Waals surface area contributed by atoms with Gasteiger partial charge >= 0.3 is 6.18 Å². The molecule has 20 heavy (non-hydrogen) atoms. The molecule has 0 atom stereocenters. The molecule has 0 amide bonds. The van der Waals surface area contributed by atoms with Crippen LogP contribution < -0.4 is 10.1 Å². The van der Waals surface area contributed by atoms with Gasteiger partial charge in [0.2, 0.25) is 5.88 Å². The van der Waals surface area contributed by atoms with Crippen molar-refractivity contribution in [3.63, 3.8) is 0 Å². The van der Waals surface area contributed by atoms with Crippen LogP contribution in [-0.2, 0) is 0 Å². The zero-order valence-electron chi connectivity index (χ0n) is 10.5. The van der Waals surface area contributed by atoms with E-state index in [-0.39, 0.29) is 5.82 Å². The Hall–Kier alpha value is -2.38. The van der Waals surface area contributed by atoms with Crippen LogP contribution in [0.5, 0.6) is 5.88 Å². The molecule has 0 saturated carbocycles. The van der Waals surface area contributed by atoms with Gasteiger partial charge in [0.05, 0.1) is 12.8 Å². The molecule has 2 aromatic heterocycles. The zero-order chi connectivity index (χ0) is 14.6. The van der Waals surface area contributed by atoms with Gasteiger partial charge in [-0.2, -0.15) is 13.2 Å². The van der Waals surface area contributed by atoms with Crippen LogP contribution in [0, 0.1) is 0 Å². The van der Waals surface area contributed by atoms with Crippen LogP contribution in [0.3, 0.4) is 0 Å². The molecule has 5 nitrogen and oxygen atoms in total. The van der Waals surface area contributed by atoms with Gasteiger partial charge in [0.15, 0.2) is 0 Å². The highest BCUT2D eigenvalue weighted by atomic mass is 19.4. The molecule has 0 fully saturated rings. The number of anilines is 1. The van der Waals surface area contributed by atoms with E-state index in [9.17, 15) is 13.2 Å². The van der Waals surface area contributed by atoms with Gasteiger partial charge in [-0.15, -0.1) is 0 Å². The zero-order valence-corrected chi connectivity index (χ0v) is 10.5. The summed E-state index contributed by atoms with van der Waals surface area (Å²) in [6, 6.07) is 4.77. The minimum atomic E-state index is -4.30. The van der Waals surface area contributed by atoms with Crippen LogP contribution in [-0.4, -0.2) is 34.8 Å². The average molecular weight is 284 g/mol. The average Bonchev–Trinajstić information content (AvgIpc) is 2.45. The predicted molar refractivity (Wildman–Crippen MR) is 66.4 cm³/mol. The summed E-state index contributed by atoms with van der Waals surface area (Å²) in [5.41, 5.74) is 1.13. The normalized spacial score (nSPS) is 11.2. The quantitative estimate of drug-likeness (QED) is 0.934. The van der Waals surface area contributed by atoms with E-state index in [1.807, 2.05) is 0 Å². The van der Waals surface area contributed by atoms with Crippen molar-refractivity contribution in [2.24, 2.45) is 0 Å². The molecule has 0 radical (unpaired) electrons. The highest BCUT2D eigenvalue weighted by Crippen LogP contribution is 2.21. The monoisotopic (exact) mass is 284 g/mol. The van der Waals surface area contributed by atoms with Crippen molar-refractivity contribution in [1.29, 1.82) is 0 Å². The van der Waals surface area contributed by atoms with Crippen molar-refractivity contribution in [1.82, 2.24) is 15.0 Å². The summed E-state index contributed by atoms with van der Waals surface area (Å²) in [4.78, 5) is 11.7. The number of methoxy groups -OCH3 is 1. The number of hydrogen-bond donors (Lipinski definition) is 1. The number of nitrogens with one attached hydrogen (secondary N) is 1. The van der Waals surface area contributed by atoms with Crippen LogP contribution >= 0.6 is 0 Å². The second-order valence-electron chi connectivity index (χ2n) is 3.85. The number of alkyl halides is 3. The highest BCUT2D eigenvalue weighted by Gasteiger charge is 2.26. The molecule has 2 heterocycles. The van der Waals surface area contributed by atoms with E-state index in [1.54, 1.807) is 12.1 Å². The highest BCUT2D eigenvalue weighted by molar-refractivity contribution is 5.61. The van der Waals surface area contributed by atoms with Gasteiger partial charge in [0.25, 0.3) is 0 Å².